The van der Waals surface area contributed by atoms with Crippen molar-refractivity contribution in [2.75, 3.05) is 26.3 Å². The number of rotatable bonds is 5. The quantitative estimate of drug-likeness (QED) is 0.836. The molecule has 0 aliphatic carbocycles. The second-order valence-electron chi connectivity index (χ2n) is 4.09. The predicted molar refractivity (Wildman–Crippen MR) is 73.1 cm³/mol. The molecule has 1 aliphatic heterocycles. The molecule has 0 bridgehead atoms. The van der Waals surface area contributed by atoms with Gasteiger partial charge in [0.05, 0.1) is 19.5 Å². The Kier molecular flexibility index (Phi) is 9.55. The summed E-state index contributed by atoms with van der Waals surface area (Å²) in [7, 11) is 0. The Morgan fingerprint density at radius 3 is 2.94 bits per heavy atom. The van der Waals surface area contributed by atoms with Crippen molar-refractivity contribution in [3.63, 3.8) is 0 Å². The minimum Gasteiger partial charge on any atom is -0.379 e. The standard InChI is InChI=1S/C11H19N3O.2ClH/c1-2-11(8-12-3-1)9-15-7-6-14-5-4-13-10-14;;/h4-5,10-12H,1-3,6-9H2;2*1H/t11-;;/m0../s1. The van der Waals surface area contributed by atoms with Gasteiger partial charge in [-0.2, -0.15) is 0 Å². The molecule has 1 aromatic rings. The number of aromatic nitrogens is 2. The van der Waals surface area contributed by atoms with Crippen LogP contribution in [0.1, 0.15) is 12.8 Å². The molecule has 1 saturated heterocycles. The first-order valence-corrected chi connectivity index (χ1v) is 5.69. The van der Waals surface area contributed by atoms with Crippen LogP contribution in [0.3, 0.4) is 0 Å². The molecular formula is C11H21Cl2N3O. The molecule has 0 radical (unpaired) electrons. The number of nitrogens with one attached hydrogen (secondary N) is 1. The van der Waals surface area contributed by atoms with Gasteiger partial charge in [-0.25, -0.2) is 4.98 Å². The van der Waals surface area contributed by atoms with E-state index in [1.165, 1.54) is 19.4 Å². The van der Waals surface area contributed by atoms with Crippen LogP contribution in [0, 0.1) is 5.92 Å². The van der Waals surface area contributed by atoms with Crippen LogP contribution >= 0.6 is 24.8 Å². The highest BCUT2D eigenvalue weighted by Gasteiger charge is 2.12. The first kappa shape index (κ1) is 16.7. The van der Waals surface area contributed by atoms with Gasteiger partial charge in [-0.15, -0.1) is 24.8 Å². The zero-order chi connectivity index (χ0) is 10.3. The lowest BCUT2D eigenvalue weighted by Crippen LogP contribution is -2.32. The number of ether oxygens (including phenoxy) is 1. The predicted octanol–water partition coefficient (Wildman–Crippen LogP) is 1.74. The van der Waals surface area contributed by atoms with E-state index in [1.807, 2.05) is 17.1 Å². The SMILES string of the molecule is Cl.Cl.c1cn(CCOC[C@H]2CCCNC2)cn1. The van der Waals surface area contributed by atoms with Crippen molar-refractivity contribution in [2.45, 2.75) is 19.4 Å². The van der Waals surface area contributed by atoms with Crippen molar-refractivity contribution in [1.29, 1.82) is 0 Å². The Morgan fingerprint density at radius 2 is 2.29 bits per heavy atom. The van der Waals surface area contributed by atoms with E-state index in [1.54, 1.807) is 6.20 Å². The summed E-state index contributed by atoms with van der Waals surface area (Å²) >= 11 is 0. The Hall–Kier alpha value is -0.290. The average Bonchev–Trinajstić information content (AvgIpc) is 2.79. The Labute approximate surface area is 115 Å². The van der Waals surface area contributed by atoms with Crippen LogP contribution in [0.15, 0.2) is 18.7 Å². The maximum atomic E-state index is 5.66. The lowest BCUT2D eigenvalue weighted by molar-refractivity contribution is 0.0842. The van der Waals surface area contributed by atoms with Gasteiger partial charge in [-0.05, 0) is 25.3 Å². The molecule has 0 unspecified atom stereocenters. The molecule has 2 rings (SSSR count). The smallest absolute Gasteiger partial charge is 0.0946 e. The fraction of sp³-hybridized carbons (Fsp3) is 0.727. The van der Waals surface area contributed by atoms with E-state index in [2.05, 4.69) is 10.3 Å². The second kappa shape index (κ2) is 9.71. The molecule has 2 heterocycles. The Balaban J connectivity index is 0.00000128. The third kappa shape index (κ3) is 6.27. The number of piperidine rings is 1. The highest BCUT2D eigenvalue weighted by Crippen LogP contribution is 2.09. The molecule has 4 nitrogen and oxygen atoms in total. The van der Waals surface area contributed by atoms with Crippen molar-refractivity contribution in [3.05, 3.63) is 18.7 Å². The molecular weight excluding hydrogens is 261 g/mol. The van der Waals surface area contributed by atoms with E-state index in [9.17, 15) is 0 Å². The topological polar surface area (TPSA) is 39.1 Å². The number of hydrogen-bond acceptors (Lipinski definition) is 3. The molecule has 17 heavy (non-hydrogen) atoms. The molecule has 1 fully saturated rings. The number of nitrogens with zero attached hydrogens (tertiary/aromatic N) is 2. The Morgan fingerprint density at radius 1 is 1.41 bits per heavy atom. The highest BCUT2D eigenvalue weighted by molar-refractivity contribution is 5.85. The van der Waals surface area contributed by atoms with Crippen LogP contribution in [0.5, 0.6) is 0 Å². The molecule has 0 saturated carbocycles. The van der Waals surface area contributed by atoms with E-state index in [0.29, 0.717) is 5.92 Å². The van der Waals surface area contributed by atoms with Crippen molar-refractivity contribution >= 4 is 24.8 Å². The fourth-order valence-electron chi connectivity index (χ4n) is 1.91. The number of imidazole rings is 1. The van der Waals surface area contributed by atoms with E-state index in [0.717, 1.165) is 26.3 Å². The monoisotopic (exact) mass is 281 g/mol. The van der Waals surface area contributed by atoms with Gasteiger partial charge in [0, 0.05) is 25.5 Å². The van der Waals surface area contributed by atoms with Crippen molar-refractivity contribution in [2.24, 2.45) is 5.92 Å². The van der Waals surface area contributed by atoms with Crippen molar-refractivity contribution < 1.29 is 4.74 Å². The van der Waals surface area contributed by atoms with Gasteiger partial charge in [0.2, 0.25) is 0 Å². The first-order valence-electron chi connectivity index (χ1n) is 5.69. The first-order chi connectivity index (χ1) is 7.45. The summed E-state index contributed by atoms with van der Waals surface area (Å²) in [5, 5.41) is 3.39. The summed E-state index contributed by atoms with van der Waals surface area (Å²) in [6.45, 7) is 4.87. The van der Waals surface area contributed by atoms with Crippen LogP contribution in [0.25, 0.3) is 0 Å². The third-order valence-electron chi connectivity index (χ3n) is 2.81. The summed E-state index contributed by atoms with van der Waals surface area (Å²) in [5.41, 5.74) is 0. The molecule has 6 heteroatoms. The van der Waals surface area contributed by atoms with E-state index in [4.69, 9.17) is 4.74 Å². The molecule has 1 aromatic heterocycles. The zero-order valence-electron chi connectivity index (χ0n) is 9.88. The normalized spacial score (nSPS) is 19.2. The molecule has 1 aliphatic rings. The van der Waals surface area contributed by atoms with E-state index < -0.39 is 0 Å². The maximum absolute atomic E-state index is 5.66. The lowest BCUT2D eigenvalue weighted by Gasteiger charge is -2.22. The third-order valence-corrected chi connectivity index (χ3v) is 2.81. The van der Waals surface area contributed by atoms with Crippen molar-refractivity contribution in [1.82, 2.24) is 14.9 Å². The summed E-state index contributed by atoms with van der Waals surface area (Å²) < 4.78 is 7.70. The van der Waals surface area contributed by atoms with Gasteiger partial charge in [-0.1, -0.05) is 0 Å². The van der Waals surface area contributed by atoms with Crippen LogP contribution in [-0.4, -0.2) is 35.9 Å². The van der Waals surface area contributed by atoms with Gasteiger partial charge in [-0.3, -0.25) is 0 Å². The lowest BCUT2D eigenvalue weighted by atomic mass is 10.0. The molecule has 0 spiro atoms. The fourth-order valence-corrected chi connectivity index (χ4v) is 1.91. The van der Waals surface area contributed by atoms with Gasteiger partial charge >= 0.3 is 0 Å². The average molecular weight is 282 g/mol. The van der Waals surface area contributed by atoms with E-state index in [-0.39, 0.29) is 24.8 Å². The molecule has 1 N–H and O–H groups in total. The zero-order valence-corrected chi connectivity index (χ0v) is 11.5. The molecule has 0 amide bonds. The largest absolute Gasteiger partial charge is 0.379 e. The van der Waals surface area contributed by atoms with Gasteiger partial charge < -0.3 is 14.6 Å². The van der Waals surface area contributed by atoms with Crippen LogP contribution in [0.4, 0.5) is 0 Å². The van der Waals surface area contributed by atoms with Gasteiger partial charge in [0.25, 0.3) is 0 Å². The van der Waals surface area contributed by atoms with Gasteiger partial charge in [0.1, 0.15) is 0 Å². The molecule has 100 valence electrons. The molecule has 1 atom stereocenters. The molecule has 0 aromatic carbocycles. The number of halogens is 2. The van der Waals surface area contributed by atoms with E-state index >= 15 is 0 Å². The Bertz CT molecular complexity index is 264. The minimum atomic E-state index is 0. The summed E-state index contributed by atoms with van der Waals surface area (Å²) in [4.78, 5) is 3.99. The maximum Gasteiger partial charge on any atom is 0.0946 e. The summed E-state index contributed by atoms with van der Waals surface area (Å²) in [6, 6.07) is 0. The number of hydrogen-bond donors (Lipinski definition) is 1. The second-order valence-corrected chi connectivity index (χ2v) is 4.09. The minimum absolute atomic E-state index is 0. The van der Waals surface area contributed by atoms with Crippen LogP contribution < -0.4 is 5.32 Å². The summed E-state index contributed by atoms with van der Waals surface area (Å²) in [5.74, 6) is 0.710. The van der Waals surface area contributed by atoms with Crippen molar-refractivity contribution in [3.8, 4) is 0 Å². The highest BCUT2D eigenvalue weighted by atomic mass is 35.5. The van der Waals surface area contributed by atoms with Crippen LogP contribution in [0.2, 0.25) is 0 Å². The van der Waals surface area contributed by atoms with Crippen LogP contribution in [-0.2, 0) is 11.3 Å². The van der Waals surface area contributed by atoms with Gasteiger partial charge in [0.15, 0.2) is 0 Å². The summed E-state index contributed by atoms with van der Waals surface area (Å²) in [6.07, 6.45) is 8.18.